The highest BCUT2D eigenvalue weighted by Gasteiger charge is 2.40. The first-order chi connectivity index (χ1) is 13.3. The number of Topliss-reactive ketones (excluding diaryl/α,β-unsaturated/α-hetero) is 1. The average molecular weight is 346 g/mol. The van der Waals surface area contributed by atoms with E-state index in [0.29, 0.717) is 5.78 Å². The van der Waals surface area contributed by atoms with E-state index in [4.69, 9.17) is 0 Å². The lowest BCUT2D eigenvalue weighted by Gasteiger charge is -2.24. The molecule has 0 bridgehead atoms. The van der Waals surface area contributed by atoms with Crippen LogP contribution < -0.4 is 0 Å². The summed E-state index contributed by atoms with van der Waals surface area (Å²) in [7, 11) is 0. The number of rotatable bonds is 1. The Balaban J connectivity index is 1.52. The van der Waals surface area contributed by atoms with E-state index < -0.39 is 0 Å². The third-order valence-corrected chi connectivity index (χ3v) is 6.32. The molecule has 0 aromatic heterocycles. The maximum Gasteiger partial charge on any atom is 0.167 e. The smallest absolute Gasteiger partial charge is 0.167 e. The predicted molar refractivity (Wildman–Crippen MR) is 108 cm³/mol. The van der Waals surface area contributed by atoms with E-state index in [1.807, 2.05) is 0 Å². The highest BCUT2D eigenvalue weighted by Crippen LogP contribution is 2.51. The van der Waals surface area contributed by atoms with E-state index in [9.17, 15) is 4.79 Å². The van der Waals surface area contributed by atoms with Crippen LogP contribution in [-0.2, 0) is 11.2 Å². The Morgan fingerprint density at radius 1 is 0.630 bits per heavy atom. The molecule has 0 saturated carbocycles. The number of hydrogen-bond acceptors (Lipinski definition) is 1. The molecule has 0 radical (unpaired) electrons. The highest BCUT2D eigenvalue weighted by atomic mass is 16.1. The molecule has 1 atom stereocenters. The largest absolute Gasteiger partial charge is 0.294 e. The minimum Gasteiger partial charge on any atom is -0.294 e. The van der Waals surface area contributed by atoms with Crippen LogP contribution in [0.25, 0.3) is 16.7 Å². The molecule has 0 amide bonds. The number of fused-ring (bicyclic) bond motifs is 6. The van der Waals surface area contributed by atoms with E-state index in [2.05, 4.69) is 84.9 Å². The third kappa shape index (κ3) is 1.97. The Labute approximate surface area is 158 Å². The van der Waals surface area contributed by atoms with Gasteiger partial charge in [-0.05, 0) is 45.4 Å². The molecule has 3 aliphatic rings. The Morgan fingerprint density at radius 3 is 1.89 bits per heavy atom. The Morgan fingerprint density at radius 2 is 1.19 bits per heavy atom. The summed E-state index contributed by atoms with van der Waals surface area (Å²) < 4.78 is 0. The molecule has 1 nitrogen and oxygen atoms in total. The molecule has 3 aromatic rings. The zero-order chi connectivity index (χ0) is 18.0. The second-order valence-corrected chi connectivity index (χ2v) is 7.63. The SMILES string of the molecule is O=C1C(C2c3ccccc3-c3ccccc32)=CC=C2c3ccccc3CC12. The van der Waals surface area contributed by atoms with Crippen molar-refractivity contribution >= 4 is 11.4 Å². The van der Waals surface area contributed by atoms with E-state index in [-0.39, 0.29) is 11.8 Å². The zero-order valence-electron chi connectivity index (χ0n) is 14.9. The lowest BCUT2D eigenvalue weighted by molar-refractivity contribution is -0.117. The van der Waals surface area contributed by atoms with Gasteiger partial charge in [-0.25, -0.2) is 0 Å². The molecule has 0 heterocycles. The Kier molecular flexibility index (Phi) is 2.99. The first kappa shape index (κ1) is 14.9. The number of carbonyl (C=O) groups excluding carboxylic acids is 1. The van der Waals surface area contributed by atoms with Crippen LogP contribution in [0.15, 0.2) is 90.5 Å². The maximum absolute atomic E-state index is 13.6. The van der Waals surface area contributed by atoms with Crippen molar-refractivity contribution in [3.8, 4) is 11.1 Å². The van der Waals surface area contributed by atoms with Crippen molar-refractivity contribution < 1.29 is 4.79 Å². The fourth-order valence-corrected chi connectivity index (χ4v) is 5.13. The van der Waals surface area contributed by atoms with E-state index in [1.165, 1.54) is 39.0 Å². The molecule has 27 heavy (non-hydrogen) atoms. The second kappa shape index (κ2) is 5.40. The van der Waals surface area contributed by atoms with Crippen molar-refractivity contribution in [3.63, 3.8) is 0 Å². The average Bonchev–Trinajstić information content (AvgIpc) is 3.25. The maximum atomic E-state index is 13.6. The standard InChI is InChI=1S/C26H18O/c27-26-23(14-13-20-17-8-2-1-7-16(17)15-24(20)26)25-21-11-5-3-9-18(21)19-10-4-6-12-22(19)25/h1-14,24-25H,15H2. The minimum absolute atomic E-state index is 0.0256. The van der Waals surface area contributed by atoms with Crippen molar-refractivity contribution in [2.75, 3.05) is 0 Å². The topological polar surface area (TPSA) is 17.1 Å². The highest BCUT2D eigenvalue weighted by molar-refractivity contribution is 6.10. The molecule has 0 saturated heterocycles. The van der Waals surface area contributed by atoms with Gasteiger partial charge in [-0.2, -0.15) is 0 Å². The van der Waals surface area contributed by atoms with Gasteiger partial charge in [0.05, 0.1) is 5.92 Å². The normalized spacial score (nSPS) is 19.7. The summed E-state index contributed by atoms with van der Waals surface area (Å²) in [6, 6.07) is 25.5. The monoisotopic (exact) mass is 346 g/mol. The molecular formula is C26H18O. The third-order valence-electron chi connectivity index (χ3n) is 6.32. The van der Waals surface area contributed by atoms with Gasteiger partial charge in [0.2, 0.25) is 0 Å². The lowest BCUT2D eigenvalue weighted by atomic mass is 9.78. The fourth-order valence-electron chi connectivity index (χ4n) is 5.13. The summed E-state index contributed by atoms with van der Waals surface area (Å²) in [6.07, 6.45) is 5.10. The van der Waals surface area contributed by atoms with Crippen LogP contribution in [0.2, 0.25) is 0 Å². The van der Waals surface area contributed by atoms with Crippen molar-refractivity contribution in [1.29, 1.82) is 0 Å². The van der Waals surface area contributed by atoms with Crippen molar-refractivity contribution in [2.45, 2.75) is 12.3 Å². The van der Waals surface area contributed by atoms with Gasteiger partial charge in [-0.15, -0.1) is 0 Å². The quantitative estimate of drug-likeness (QED) is 0.563. The van der Waals surface area contributed by atoms with Crippen LogP contribution in [-0.4, -0.2) is 5.78 Å². The van der Waals surface area contributed by atoms with Gasteiger partial charge in [-0.3, -0.25) is 4.79 Å². The Hall–Kier alpha value is -3.19. The summed E-state index contributed by atoms with van der Waals surface area (Å²) >= 11 is 0. The van der Waals surface area contributed by atoms with E-state index >= 15 is 0 Å². The summed E-state index contributed by atoms with van der Waals surface area (Å²) in [4.78, 5) is 13.6. The predicted octanol–water partition coefficient (Wildman–Crippen LogP) is 5.56. The van der Waals surface area contributed by atoms with Gasteiger partial charge in [-0.1, -0.05) is 84.9 Å². The molecule has 1 heteroatoms. The number of carbonyl (C=O) groups is 1. The van der Waals surface area contributed by atoms with Gasteiger partial charge >= 0.3 is 0 Å². The number of ketones is 1. The first-order valence-corrected chi connectivity index (χ1v) is 9.55. The first-order valence-electron chi connectivity index (χ1n) is 9.55. The van der Waals surface area contributed by atoms with Gasteiger partial charge in [0.25, 0.3) is 0 Å². The molecule has 0 spiro atoms. The Bertz CT molecular complexity index is 1130. The molecule has 1 unspecified atom stereocenters. The summed E-state index contributed by atoms with van der Waals surface area (Å²) in [5, 5.41) is 0. The van der Waals surface area contributed by atoms with Gasteiger partial charge in [0.1, 0.15) is 0 Å². The van der Waals surface area contributed by atoms with Gasteiger partial charge < -0.3 is 0 Å². The van der Waals surface area contributed by atoms with Gasteiger partial charge in [0, 0.05) is 11.5 Å². The number of allylic oxidation sites excluding steroid dienone is 4. The number of benzene rings is 3. The molecule has 0 fully saturated rings. The van der Waals surface area contributed by atoms with Crippen molar-refractivity contribution in [2.24, 2.45) is 5.92 Å². The van der Waals surface area contributed by atoms with Crippen LogP contribution in [0.5, 0.6) is 0 Å². The molecule has 3 aliphatic carbocycles. The fraction of sp³-hybridized carbons (Fsp3) is 0.115. The zero-order valence-corrected chi connectivity index (χ0v) is 14.9. The molecule has 0 aliphatic heterocycles. The molecule has 3 aromatic carbocycles. The van der Waals surface area contributed by atoms with E-state index in [1.54, 1.807) is 0 Å². The number of hydrogen-bond donors (Lipinski definition) is 0. The molecule has 128 valence electrons. The summed E-state index contributed by atoms with van der Waals surface area (Å²) in [6.45, 7) is 0. The molecule has 6 rings (SSSR count). The van der Waals surface area contributed by atoms with Crippen LogP contribution in [0.1, 0.15) is 28.2 Å². The minimum atomic E-state index is -0.0256. The van der Waals surface area contributed by atoms with Crippen LogP contribution in [0.3, 0.4) is 0 Å². The van der Waals surface area contributed by atoms with Crippen LogP contribution in [0.4, 0.5) is 0 Å². The lowest BCUT2D eigenvalue weighted by Crippen LogP contribution is -2.23. The molecular weight excluding hydrogens is 328 g/mol. The summed E-state index contributed by atoms with van der Waals surface area (Å²) in [5.41, 5.74) is 9.71. The summed E-state index contributed by atoms with van der Waals surface area (Å²) in [5.74, 6) is 0.314. The van der Waals surface area contributed by atoms with E-state index in [0.717, 1.165) is 12.0 Å². The molecule has 0 N–H and O–H groups in total. The van der Waals surface area contributed by atoms with Crippen molar-refractivity contribution in [1.82, 2.24) is 0 Å². The second-order valence-electron chi connectivity index (χ2n) is 7.63. The van der Waals surface area contributed by atoms with Crippen molar-refractivity contribution in [3.05, 3.63) is 113 Å². The van der Waals surface area contributed by atoms with Gasteiger partial charge in [0.15, 0.2) is 5.78 Å². The van der Waals surface area contributed by atoms with Crippen LogP contribution >= 0.6 is 0 Å². The van der Waals surface area contributed by atoms with Crippen LogP contribution in [0, 0.1) is 5.92 Å².